The number of hydrogen-bond acceptors (Lipinski definition) is 6. The van der Waals surface area contributed by atoms with E-state index in [-0.39, 0.29) is 9.77 Å². The molecule has 22 heavy (non-hydrogen) atoms. The van der Waals surface area contributed by atoms with Crippen molar-refractivity contribution in [1.82, 2.24) is 0 Å². The summed E-state index contributed by atoms with van der Waals surface area (Å²) in [4.78, 5) is 11.9. The minimum Gasteiger partial charge on any atom is -0.465 e. The van der Waals surface area contributed by atoms with Crippen LogP contribution in [0.4, 0.5) is 0 Å². The van der Waals surface area contributed by atoms with Gasteiger partial charge in [-0.3, -0.25) is 0 Å². The van der Waals surface area contributed by atoms with Crippen LogP contribution in [0.1, 0.15) is 9.67 Å². The van der Waals surface area contributed by atoms with E-state index < -0.39 is 15.0 Å². The number of thiophene rings is 1. The first-order valence-corrected chi connectivity index (χ1v) is 9.18. The highest BCUT2D eigenvalue weighted by atomic mass is 35.7. The number of rotatable bonds is 3. The maximum atomic E-state index is 11.7. The number of halogens is 1. The molecule has 0 fully saturated rings. The van der Waals surface area contributed by atoms with Crippen molar-refractivity contribution >= 4 is 48.0 Å². The molecule has 1 aromatic carbocycles. The van der Waals surface area contributed by atoms with E-state index in [1.54, 1.807) is 12.1 Å². The molecule has 0 radical (unpaired) electrons. The Morgan fingerprint density at radius 2 is 2.00 bits per heavy atom. The van der Waals surface area contributed by atoms with Crippen LogP contribution in [-0.2, 0) is 13.8 Å². The van der Waals surface area contributed by atoms with Crippen LogP contribution in [0.5, 0.6) is 0 Å². The van der Waals surface area contributed by atoms with Gasteiger partial charge in [-0.15, -0.1) is 11.3 Å². The summed E-state index contributed by atoms with van der Waals surface area (Å²) < 4.78 is 33.5. The number of benzene rings is 1. The van der Waals surface area contributed by atoms with E-state index in [0.29, 0.717) is 16.2 Å². The van der Waals surface area contributed by atoms with Gasteiger partial charge in [-0.25, -0.2) is 13.2 Å². The van der Waals surface area contributed by atoms with Crippen molar-refractivity contribution in [2.24, 2.45) is 0 Å². The fourth-order valence-electron chi connectivity index (χ4n) is 2.02. The molecule has 0 aliphatic carbocycles. The van der Waals surface area contributed by atoms with Crippen molar-refractivity contribution in [3.05, 3.63) is 41.3 Å². The molecule has 0 atom stereocenters. The van der Waals surface area contributed by atoms with Gasteiger partial charge in [0.15, 0.2) is 0 Å². The van der Waals surface area contributed by atoms with Gasteiger partial charge in [0, 0.05) is 16.1 Å². The Balaban J connectivity index is 2.19. The van der Waals surface area contributed by atoms with Crippen LogP contribution in [0.3, 0.4) is 0 Å². The molecule has 0 unspecified atom stereocenters. The van der Waals surface area contributed by atoms with Gasteiger partial charge in [0.05, 0.1) is 12.0 Å². The molecule has 0 aliphatic rings. The molecular formula is C14H9ClO5S2. The van der Waals surface area contributed by atoms with Crippen molar-refractivity contribution in [3.63, 3.8) is 0 Å². The van der Waals surface area contributed by atoms with E-state index in [4.69, 9.17) is 15.1 Å². The van der Waals surface area contributed by atoms with Gasteiger partial charge in [0.1, 0.15) is 21.1 Å². The predicted octanol–water partition coefficient (Wildman–Crippen LogP) is 3.88. The maximum absolute atomic E-state index is 11.7. The molecule has 0 bridgehead atoms. The standard InChI is InChI=1S/C14H9ClO5S2/c1-19-14(16)13-12(22(15,17)18)7-11(21-13)10-6-8-4-2-3-5-9(8)20-10/h2-7H,1H3. The first-order valence-electron chi connectivity index (χ1n) is 6.06. The Hall–Kier alpha value is -1.83. The molecule has 0 aliphatic heterocycles. The highest BCUT2D eigenvalue weighted by Gasteiger charge is 2.26. The van der Waals surface area contributed by atoms with E-state index in [0.717, 1.165) is 16.7 Å². The lowest BCUT2D eigenvalue weighted by Gasteiger charge is -1.96. The molecule has 5 nitrogen and oxygen atoms in total. The molecule has 8 heteroatoms. The quantitative estimate of drug-likeness (QED) is 0.526. The Labute approximate surface area is 134 Å². The van der Waals surface area contributed by atoms with E-state index in [9.17, 15) is 13.2 Å². The first-order chi connectivity index (χ1) is 10.4. The maximum Gasteiger partial charge on any atom is 0.349 e. The number of carbonyl (C=O) groups is 1. The highest BCUT2D eigenvalue weighted by molar-refractivity contribution is 8.13. The number of esters is 1. The third kappa shape index (κ3) is 2.63. The molecule has 0 spiro atoms. The average molecular weight is 357 g/mol. The normalized spacial score (nSPS) is 11.7. The molecule has 0 saturated carbocycles. The van der Waals surface area contributed by atoms with Gasteiger partial charge >= 0.3 is 5.97 Å². The van der Waals surface area contributed by atoms with Crippen LogP contribution < -0.4 is 0 Å². The summed E-state index contributed by atoms with van der Waals surface area (Å²) in [5, 5.41) is 0.876. The topological polar surface area (TPSA) is 73.6 Å². The molecule has 2 aromatic heterocycles. The van der Waals surface area contributed by atoms with E-state index in [1.807, 2.05) is 18.2 Å². The van der Waals surface area contributed by atoms with Crippen LogP contribution in [0.25, 0.3) is 21.6 Å². The highest BCUT2D eigenvalue weighted by Crippen LogP contribution is 2.38. The number of fused-ring (bicyclic) bond motifs is 1. The summed E-state index contributed by atoms with van der Waals surface area (Å²) in [7, 11) is 2.49. The lowest BCUT2D eigenvalue weighted by atomic mass is 10.2. The number of para-hydroxylation sites is 1. The molecule has 114 valence electrons. The number of hydrogen-bond donors (Lipinski definition) is 0. The molecule has 3 rings (SSSR count). The molecular weight excluding hydrogens is 348 g/mol. The third-order valence-electron chi connectivity index (χ3n) is 3.00. The number of ether oxygens (including phenoxy) is 1. The Bertz CT molecular complexity index is 935. The van der Waals surface area contributed by atoms with E-state index >= 15 is 0 Å². The van der Waals surface area contributed by atoms with Crippen LogP contribution in [0.15, 0.2) is 45.7 Å². The van der Waals surface area contributed by atoms with Gasteiger partial charge in [0.2, 0.25) is 0 Å². The van der Waals surface area contributed by atoms with Crippen molar-refractivity contribution < 1.29 is 22.4 Å². The van der Waals surface area contributed by atoms with Crippen LogP contribution >= 0.6 is 22.0 Å². The lowest BCUT2D eigenvalue weighted by Crippen LogP contribution is -2.03. The Morgan fingerprint density at radius 1 is 1.27 bits per heavy atom. The second kappa shape index (κ2) is 5.42. The van der Waals surface area contributed by atoms with E-state index in [1.165, 1.54) is 13.2 Å². The molecule has 0 saturated heterocycles. The number of furan rings is 1. The molecule has 0 N–H and O–H groups in total. The van der Waals surface area contributed by atoms with Gasteiger partial charge in [-0.2, -0.15) is 0 Å². The largest absolute Gasteiger partial charge is 0.465 e. The van der Waals surface area contributed by atoms with Crippen LogP contribution in [0.2, 0.25) is 0 Å². The second-order valence-corrected chi connectivity index (χ2v) is 7.97. The Kier molecular flexibility index (Phi) is 3.72. The smallest absolute Gasteiger partial charge is 0.349 e. The number of carbonyl (C=O) groups excluding carboxylic acids is 1. The average Bonchev–Trinajstić information content (AvgIpc) is 3.09. The van der Waals surface area contributed by atoms with Crippen LogP contribution in [-0.4, -0.2) is 21.5 Å². The fourth-order valence-corrected chi connectivity index (χ4v) is 4.53. The van der Waals surface area contributed by atoms with Gasteiger partial charge in [0.25, 0.3) is 9.05 Å². The summed E-state index contributed by atoms with van der Waals surface area (Å²) in [6, 6.07) is 10.5. The van der Waals surface area contributed by atoms with Crippen molar-refractivity contribution in [3.8, 4) is 10.6 Å². The van der Waals surface area contributed by atoms with Crippen molar-refractivity contribution in [2.75, 3.05) is 7.11 Å². The summed E-state index contributed by atoms with van der Waals surface area (Å²) in [5.74, 6) is -0.297. The zero-order valence-corrected chi connectivity index (χ0v) is 13.6. The van der Waals surface area contributed by atoms with Crippen molar-refractivity contribution in [2.45, 2.75) is 4.90 Å². The molecule has 0 amide bonds. The zero-order valence-electron chi connectivity index (χ0n) is 11.2. The van der Waals surface area contributed by atoms with Gasteiger partial charge in [-0.05, 0) is 18.2 Å². The summed E-state index contributed by atoms with van der Waals surface area (Å²) in [6.45, 7) is 0. The third-order valence-corrected chi connectivity index (χ3v) is 5.60. The lowest BCUT2D eigenvalue weighted by molar-refractivity contribution is 0.0602. The SMILES string of the molecule is COC(=O)c1sc(-c2cc3ccccc3o2)cc1S(=O)(=O)Cl. The number of methoxy groups -OCH3 is 1. The molecule has 2 heterocycles. The predicted molar refractivity (Wildman–Crippen MR) is 83.9 cm³/mol. The van der Waals surface area contributed by atoms with Crippen LogP contribution in [0, 0.1) is 0 Å². The van der Waals surface area contributed by atoms with Crippen molar-refractivity contribution in [1.29, 1.82) is 0 Å². The Morgan fingerprint density at radius 3 is 2.64 bits per heavy atom. The summed E-state index contributed by atoms with van der Waals surface area (Å²) in [5.41, 5.74) is 0.667. The molecule has 3 aromatic rings. The zero-order chi connectivity index (χ0) is 15.9. The van der Waals surface area contributed by atoms with Gasteiger partial charge < -0.3 is 9.15 Å². The summed E-state index contributed by atoms with van der Waals surface area (Å²) >= 11 is 0.955. The van der Waals surface area contributed by atoms with Gasteiger partial charge in [-0.1, -0.05) is 18.2 Å². The minimum absolute atomic E-state index is 0.0760. The van der Waals surface area contributed by atoms with E-state index in [2.05, 4.69) is 4.74 Å². The summed E-state index contributed by atoms with van der Waals surface area (Å²) in [6.07, 6.45) is 0. The second-order valence-electron chi connectivity index (χ2n) is 4.38. The monoisotopic (exact) mass is 356 g/mol. The fraction of sp³-hybridized carbons (Fsp3) is 0.0714. The minimum atomic E-state index is -4.07. The first kappa shape index (κ1) is 15.1.